The van der Waals surface area contributed by atoms with E-state index < -0.39 is 38.3 Å². The van der Waals surface area contributed by atoms with Crippen molar-refractivity contribution in [1.82, 2.24) is 0 Å². The van der Waals surface area contributed by atoms with Crippen molar-refractivity contribution in [2.75, 3.05) is 12.9 Å². The van der Waals surface area contributed by atoms with Crippen LogP contribution >= 0.6 is 11.6 Å². The molecule has 1 atom stereocenters. The van der Waals surface area contributed by atoms with Crippen LogP contribution in [0.1, 0.15) is 32.1 Å². The summed E-state index contributed by atoms with van der Waals surface area (Å²) in [6, 6.07) is 1.51. The lowest BCUT2D eigenvalue weighted by molar-refractivity contribution is -0.129. The molecule has 0 aromatic carbocycles. The molecular formula is C12H16ClF3N2O3S. The number of hydrogen-bond acceptors (Lipinski definition) is 5. The molecule has 0 bridgehead atoms. The SMILES string of the molecule is CON=C1CCC(C(Cl)(C#N)S(=O)(=O)CCC(F)(F)F)CC1. The van der Waals surface area contributed by atoms with E-state index in [4.69, 9.17) is 11.6 Å². The number of nitrogens with zero attached hydrogens (tertiary/aromatic N) is 2. The molecule has 0 heterocycles. The average molecular weight is 361 g/mol. The molecule has 0 saturated heterocycles. The standard InChI is InChI=1S/C12H16ClF3N2O3S/c1-21-18-10-4-2-9(3-5-10)11(13,8-17)22(19,20)7-6-12(14,15)16/h9H,2-7H2,1H3. The molecule has 0 radical (unpaired) electrons. The van der Waals surface area contributed by atoms with E-state index in [9.17, 15) is 26.9 Å². The summed E-state index contributed by atoms with van der Waals surface area (Å²) in [6.45, 7) is 0. The topological polar surface area (TPSA) is 79.5 Å². The molecule has 1 rings (SSSR count). The highest BCUT2D eigenvalue weighted by atomic mass is 35.5. The van der Waals surface area contributed by atoms with Crippen molar-refractivity contribution >= 4 is 27.1 Å². The van der Waals surface area contributed by atoms with Gasteiger partial charge in [-0.25, -0.2) is 8.42 Å². The average Bonchev–Trinajstić information content (AvgIpc) is 2.45. The summed E-state index contributed by atoms with van der Waals surface area (Å²) < 4.78 is 58.6. The summed E-state index contributed by atoms with van der Waals surface area (Å²) in [5, 5.41) is 12.9. The molecule has 1 unspecified atom stereocenters. The maximum Gasteiger partial charge on any atom is 0.390 e. The third kappa shape index (κ3) is 4.49. The number of sulfone groups is 1. The Morgan fingerprint density at radius 1 is 1.41 bits per heavy atom. The van der Waals surface area contributed by atoms with Crippen LogP contribution in [-0.2, 0) is 14.7 Å². The molecule has 0 spiro atoms. The van der Waals surface area contributed by atoms with Crippen molar-refractivity contribution in [2.45, 2.75) is 42.5 Å². The monoisotopic (exact) mass is 360 g/mol. The molecule has 0 amide bonds. The lowest BCUT2D eigenvalue weighted by Gasteiger charge is -2.32. The molecule has 0 aliphatic heterocycles. The van der Waals surface area contributed by atoms with Gasteiger partial charge in [0.2, 0.25) is 4.21 Å². The number of alkyl halides is 4. The summed E-state index contributed by atoms with van der Waals surface area (Å²) in [5.41, 5.74) is 0.711. The van der Waals surface area contributed by atoms with Crippen LogP contribution < -0.4 is 0 Å². The van der Waals surface area contributed by atoms with E-state index in [1.165, 1.54) is 13.2 Å². The third-order valence-corrected chi connectivity index (χ3v) is 6.74. The van der Waals surface area contributed by atoms with Crippen LogP contribution in [-0.4, -0.2) is 37.4 Å². The van der Waals surface area contributed by atoms with Crippen molar-refractivity contribution in [3.63, 3.8) is 0 Å². The summed E-state index contributed by atoms with van der Waals surface area (Å²) in [6.07, 6.45) is -4.85. The molecule has 1 saturated carbocycles. The van der Waals surface area contributed by atoms with Crippen molar-refractivity contribution in [3.05, 3.63) is 0 Å². The predicted molar refractivity (Wildman–Crippen MR) is 75.1 cm³/mol. The molecule has 126 valence electrons. The number of nitriles is 1. The first kappa shape index (κ1) is 19.0. The van der Waals surface area contributed by atoms with Gasteiger partial charge in [0.15, 0.2) is 9.84 Å². The van der Waals surface area contributed by atoms with Gasteiger partial charge < -0.3 is 4.84 Å². The van der Waals surface area contributed by atoms with Crippen molar-refractivity contribution in [2.24, 2.45) is 11.1 Å². The highest BCUT2D eigenvalue weighted by Crippen LogP contribution is 2.41. The zero-order valence-electron chi connectivity index (χ0n) is 11.9. The normalized spacial score (nSPS) is 22.5. The second-order valence-corrected chi connectivity index (χ2v) is 8.16. The highest BCUT2D eigenvalue weighted by Gasteiger charge is 2.50. The lowest BCUT2D eigenvalue weighted by atomic mass is 9.85. The lowest BCUT2D eigenvalue weighted by Crippen LogP contribution is -2.43. The van der Waals surface area contributed by atoms with Crippen LogP contribution in [0.15, 0.2) is 5.16 Å². The van der Waals surface area contributed by atoms with Gasteiger partial charge in [0.25, 0.3) is 0 Å². The van der Waals surface area contributed by atoms with E-state index in [-0.39, 0.29) is 12.8 Å². The fourth-order valence-electron chi connectivity index (χ4n) is 2.36. The quantitative estimate of drug-likeness (QED) is 0.557. The number of rotatable bonds is 5. The minimum absolute atomic E-state index is 0.254. The third-order valence-electron chi connectivity index (χ3n) is 3.57. The van der Waals surface area contributed by atoms with Gasteiger partial charge in [0, 0.05) is 5.92 Å². The van der Waals surface area contributed by atoms with Gasteiger partial charge in [-0.05, 0) is 25.7 Å². The van der Waals surface area contributed by atoms with Crippen molar-refractivity contribution in [1.29, 1.82) is 5.26 Å². The van der Waals surface area contributed by atoms with Crippen LogP contribution in [0.2, 0.25) is 0 Å². The molecular weight excluding hydrogens is 345 g/mol. The first-order valence-corrected chi connectivity index (χ1v) is 8.57. The fourth-order valence-corrected chi connectivity index (χ4v) is 4.49. The smallest absolute Gasteiger partial charge is 0.390 e. The summed E-state index contributed by atoms with van der Waals surface area (Å²) >= 11 is 5.96. The Hall–Kier alpha value is -1.01. The fraction of sp³-hybridized carbons (Fsp3) is 0.833. The van der Waals surface area contributed by atoms with Crippen LogP contribution in [0, 0.1) is 17.2 Å². The zero-order valence-corrected chi connectivity index (χ0v) is 13.4. The molecule has 10 heteroatoms. The maximum atomic E-state index is 12.2. The van der Waals surface area contributed by atoms with Crippen LogP contribution in [0.3, 0.4) is 0 Å². The molecule has 1 fully saturated rings. The maximum absolute atomic E-state index is 12.2. The Morgan fingerprint density at radius 3 is 2.36 bits per heavy atom. The van der Waals surface area contributed by atoms with E-state index >= 15 is 0 Å². The Labute approximate surface area is 132 Å². The van der Waals surface area contributed by atoms with Crippen molar-refractivity contribution < 1.29 is 26.4 Å². The number of oxime groups is 1. The van der Waals surface area contributed by atoms with Gasteiger partial charge in [0.05, 0.1) is 17.9 Å². The van der Waals surface area contributed by atoms with Crippen LogP contribution in [0.25, 0.3) is 0 Å². The van der Waals surface area contributed by atoms with Crippen LogP contribution in [0.5, 0.6) is 0 Å². The minimum atomic E-state index is -4.62. The molecule has 0 N–H and O–H groups in total. The van der Waals surface area contributed by atoms with Gasteiger partial charge in [-0.15, -0.1) is 0 Å². The summed E-state index contributed by atoms with van der Waals surface area (Å²) in [4.78, 5) is 4.62. The molecule has 0 aromatic heterocycles. The molecule has 0 aromatic rings. The van der Waals surface area contributed by atoms with E-state index in [0.29, 0.717) is 18.6 Å². The second-order valence-electron chi connectivity index (χ2n) is 5.06. The predicted octanol–water partition coefficient (Wildman–Crippen LogP) is 3.00. The number of hydrogen-bond donors (Lipinski definition) is 0. The van der Waals surface area contributed by atoms with E-state index in [2.05, 4.69) is 9.99 Å². The number of halogens is 4. The van der Waals surface area contributed by atoms with Crippen molar-refractivity contribution in [3.8, 4) is 6.07 Å². The van der Waals surface area contributed by atoms with E-state index in [0.717, 1.165) is 0 Å². The van der Waals surface area contributed by atoms with Gasteiger partial charge in [0.1, 0.15) is 13.2 Å². The minimum Gasteiger partial charge on any atom is -0.399 e. The molecule has 5 nitrogen and oxygen atoms in total. The van der Waals surface area contributed by atoms with Crippen LogP contribution in [0.4, 0.5) is 13.2 Å². The Balaban J connectivity index is 2.88. The first-order chi connectivity index (χ1) is 10.1. The van der Waals surface area contributed by atoms with Gasteiger partial charge in [-0.2, -0.15) is 18.4 Å². The molecule has 1 aliphatic rings. The summed E-state index contributed by atoms with van der Waals surface area (Å²) in [7, 11) is -3.04. The molecule has 22 heavy (non-hydrogen) atoms. The largest absolute Gasteiger partial charge is 0.399 e. The van der Waals surface area contributed by atoms with Gasteiger partial charge in [-0.1, -0.05) is 16.8 Å². The highest BCUT2D eigenvalue weighted by molar-refractivity contribution is 7.94. The Morgan fingerprint density at radius 2 is 1.95 bits per heavy atom. The van der Waals surface area contributed by atoms with Gasteiger partial charge >= 0.3 is 6.18 Å². The Bertz CT molecular complexity index is 561. The van der Waals surface area contributed by atoms with E-state index in [1.807, 2.05) is 0 Å². The van der Waals surface area contributed by atoms with Gasteiger partial charge in [-0.3, -0.25) is 0 Å². The molecule has 1 aliphatic carbocycles. The second kappa shape index (κ2) is 7.04. The Kier molecular flexibility index (Phi) is 6.10. The zero-order chi connectivity index (χ0) is 17.0. The summed E-state index contributed by atoms with van der Waals surface area (Å²) in [5.74, 6) is -1.93. The first-order valence-electron chi connectivity index (χ1n) is 6.54. The van der Waals surface area contributed by atoms with E-state index in [1.54, 1.807) is 0 Å².